The first-order valence-corrected chi connectivity index (χ1v) is 9.61. The van der Waals surface area contributed by atoms with Crippen molar-refractivity contribution in [1.29, 1.82) is 0 Å². The van der Waals surface area contributed by atoms with Gasteiger partial charge in [0.1, 0.15) is 9.88 Å². The number of benzene rings is 1. The molecule has 5 N–H and O–H groups in total. The Balaban J connectivity index is 2.88. The quantitative estimate of drug-likeness (QED) is 0.454. The van der Waals surface area contributed by atoms with Crippen molar-refractivity contribution in [3.8, 4) is 0 Å². The highest BCUT2D eigenvalue weighted by molar-refractivity contribution is 7.89. The molecule has 0 unspecified atom stereocenters. The van der Waals surface area contributed by atoms with Crippen molar-refractivity contribution in [2.24, 2.45) is 10.9 Å². The van der Waals surface area contributed by atoms with Crippen LogP contribution in [0.3, 0.4) is 0 Å². The van der Waals surface area contributed by atoms with E-state index in [0.717, 1.165) is 0 Å². The zero-order valence-electron chi connectivity index (χ0n) is 10.7. The van der Waals surface area contributed by atoms with Crippen molar-refractivity contribution in [2.45, 2.75) is 11.3 Å². The zero-order valence-corrected chi connectivity index (χ0v) is 13.9. The third kappa shape index (κ3) is 5.85. The minimum Gasteiger partial charge on any atom is -0.389 e. The third-order valence-electron chi connectivity index (χ3n) is 2.40. The molecular formula is C10H14ClN3O4S3. The summed E-state index contributed by atoms with van der Waals surface area (Å²) in [4.78, 5) is -0.137. The summed E-state index contributed by atoms with van der Waals surface area (Å²) in [5, 5.41) is 4.83. The van der Waals surface area contributed by atoms with Crippen LogP contribution < -0.4 is 15.6 Å². The van der Waals surface area contributed by atoms with E-state index in [0.29, 0.717) is 5.56 Å². The molecule has 0 saturated carbocycles. The van der Waals surface area contributed by atoms with Gasteiger partial charge in [0.15, 0.2) is 0 Å². The largest absolute Gasteiger partial charge is 0.389 e. The Kier molecular flexibility index (Phi) is 6.08. The minimum absolute atomic E-state index is 0.00828. The lowest BCUT2D eigenvalue weighted by Gasteiger charge is -2.09. The summed E-state index contributed by atoms with van der Waals surface area (Å²) in [6, 6.07) is 4.13. The maximum Gasteiger partial charge on any atom is 0.242 e. The number of thiocarbonyl (C=S) groups is 1. The maximum atomic E-state index is 12.1. The molecule has 0 amide bonds. The first-order valence-electron chi connectivity index (χ1n) is 5.62. The number of rotatable bonds is 7. The molecule has 0 aliphatic rings. The van der Waals surface area contributed by atoms with Crippen molar-refractivity contribution in [3.63, 3.8) is 0 Å². The molecule has 0 aliphatic carbocycles. The Morgan fingerprint density at radius 1 is 1.29 bits per heavy atom. The lowest BCUT2D eigenvalue weighted by atomic mass is 10.2. The summed E-state index contributed by atoms with van der Waals surface area (Å²) in [5.41, 5.74) is 5.80. The molecule has 0 aliphatic heterocycles. The van der Waals surface area contributed by atoms with E-state index in [9.17, 15) is 16.8 Å². The molecule has 0 fully saturated rings. The van der Waals surface area contributed by atoms with Crippen molar-refractivity contribution in [3.05, 3.63) is 28.8 Å². The van der Waals surface area contributed by atoms with Gasteiger partial charge in [-0.2, -0.15) is 0 Å². The summed E-state index contributed by atoms with van der Waals surface area (Å²) in [5.74, 6) is -0.323. The second kappa shape index (κ2) is 6.99. The van der Waals surface area contributed by atoms with Gasteiger partial charge in [-0.3, -0.25) is 0 Å². The summed E-state index contributed by atoms with van der Waals surface area (Å²) < 4.78 is 47.9. The highest BCUT2D eigenvalue weighted by Crippen LogP contribution is 2.22. The van der Waals surface area contributed by atoms with E-state index < -0.39 is 20.0 Å². The first-order chi connectivity index (χ1) is 9.53. The molecule has 1 rings (SSSR count). The van der Waals surface area contributed by atoms with Gasteiger partial charge in [-0.1, -0.05) is 29.9 Å². The summed E-state index contributed by atoms with van der Waals surface area (Å²) in [7, 11) is -7.52. The van der Waals surface area contributed by atoms with Crippen molar-refractivity contribution < 1.29 is 16.8 Å². The van der Waals surface area contributed by atoms with Gasteiger partial charge in [-0.15, -0.1) is 0 Å². The number of nitrogens with two attached hydrogens (primary N) is 2. The number of nitrogens with one attached hydrogen (secondary N) is 1. The molecule has 1 aromatic rings. The van der Waals surface area contributed by atoms with Crippen LogP contribution in [0.1, 0.15) is 12.0 Å². The van der Waals surface area contributed by atoms with Crippen LogP contribution in [-0.4, -0.2) is 34.1 Å². The fourth-order valence-electron chi connectivity index (χ4n) is 1.42. The molecular weight excluding hydrogens is 358 g/mol. The van der Waals surface area contributed by atoms with Gasteiger partial charge in [0.2, 0.25) is 20.0 Å². The van der Waals surface area contributed by atoms with Crippen LogP contribution in [0.25, 0.3) is 0 Å². The van der Waals surface area contributed by atoms with Crippen molar-refractivity contribution in [2.75, 3.05) is 12.3 Å². The van der Waals surface area contributed by atoms with Gasteiger partial charge in [-0.05, 0) is 18.6 Å². The summed E-state index contributed by atoms with van der Waals surface area (Å²) in [6.07, 6.45) is 0.0463. The lowest BCUT2D eigenvalue weighted by Crippen LogP contribution is -2.28. The van der Waals surface area contributed by atoms with E-state index in [2.05, 4.69) is 4.72 Å². The number of halogens is 1. The van der Waals surface area contributed by atoms with Gasteiger partial charge in [-0.25, -0.2) is 26.7 Å². The van der Waals surface area contributed by atoms with Gasteiger partial charge < -0.3 is 5.73 Å². The Labute approximate surface area is 133 Å². The molecule has 7 nitrogen and oxygen atoms in total. The Morgan fingerprint density at radius 2 is 1.90 bits per heavy atom. The monoisotopic (exact) mass is 371 g/mol. The molecule has 0 radical (unpaired) electrons. The van der Waals surface area contributed by atoms with Crippen LogP contribution in [0.2, 0.25) is 5.02 Å². The van der Waals surface area contributed by atoms with Gasteiger partial charge in [0, 0.05) is 12.1 Å². The number of sulfonamides is 2. The number of hydrogen-bond donors (Lipinski definition) is 3. The maximum absolute atomic E-state index is 12.1. The fraction of sp³-hybridized carbons (Fsp3) is 0.300. The van der Waals surface area contributed by atoms with Crippen LogP contribution in [0.4, 0.5) is 0 Å². The molecule has 1 aromatic carbocycles. The van der Waals surface area contributed by atoms with Crippen LogP contribution in [0.5, 0.6) is 0 Å². The minimum atomic E-state index is -3.90. The Morgan fingerprint density at radius 3 is 2.43 bits per heavy atom. The SMILES string of the molecule is NC(=S)c1ccc(Cl)c(S(=O)(=O)NCCCS(N)(=O)=O)c1. The van der Waals surface area contributed by atoms with E-state index >= 15 is 0 Å². The number of primary sulfonamides is 1. The summed E-state index contributed by atoms with van der Waals surface area (Å²) in [6.45, 7) is -0.0909. The standard InChI is InChI=1S/C10H14ClN3O4S3/c11-8-3-2-7(10(12)19)6-9(8)21(17,18)14-4-1-5-20(13,15)16/h2-3,6,14H,1,4-5H2,(H2,12,19)(H2,13,15,16). The van der Waals surface area contributed by atoms with Crippen LogP contribution in [0.15, 0.2) is 23.1 Å². The number of hydrogen-bond acceptors (Lipinski definition) is 5. The topological polar surface area (TPSA) is 132 Å². The Hall–Kier alpha value is -0.780. The van der Waals surface area contributed by atoms with E-state index in [-0.39, 0.29) is 33.6 Å². The fourth-order valence-corrected chi connectivity index (χ4v) is 3.69. The molecule has 0 aromatic heterocycles. The predicted molar refractivity (Wildman–Crippen MR) is 85.1 cm³/mol. The molecule has 11 heteroatoms. The lowest BCUT2D eigenvalue weighted by molar-refractivity contribution is 0.576. The predicted octanol–water partition coefficient (Wildman–Crippen LogP) is -0.0689. The molecule has 0 spiro atoms. The highest BCUT2D eigenvalue weighted by atomic mass is 35.5. The molecule has 0 bridgehead atoms. The van der Waals surface area contributed by atoms with Gasteiger partial charge in [0.05, 0.1) is 10.8 Å². The van der Waals surface area contributed by atoms with Gasteiger partial charge in [0.25, 0.3) is 0 Å². The zero-order chi connectivity index (χ0) is 16.3. The van der Waals surface area contributed by atoms with E-state index in [4.69, 9.17) is 34.7 Å². The highest BCUT2D eigenvalue weighted by Gasteiger charge is 2.18. The second-order valence-corrected chi connectivity index (χ2v) is 8.44. The second-order valence-electron chi connectivity index (χ2n) is 4.13. The summed E-state index contributed by atoms with van der Waals surface area (Å²) >= 11 is 10.6. The molecule has 0 heterocycles. The van der Waals surface area contributed by atoms with Gasteiger partial charge >= 0.3 is 0 Å². The molecule has 118 valence electrons. The van der Waals surface area contributed by atoms with E-state index in [1.165, 1.54) is 18.2 Å². The van der Waals surface area contributed by atoms with Crippen molar-refractivity contribution >= 4 is 48.9 Å². The molecule has 0 atom stereocenters. The molecule has 0 saturated heterocycles. The van der Waals surface area contributed by atoms with E-state index in [1.807, 2.05) is 0 Å². The van der Waals surface area contributed by atoms with Crippen LogP contribution >= 0.6 is 23.8 Å². The third-order valence-corrected chi connectivity index (χ3v) is 5.44. The van der Waals surface area contributed by atoms with Crippen LogP contribution in [-0.2, 0) is 20.0 Å². The average molecular weight is 372 g/mol. The van der Waals surface area contributed by atoms with Crippen molar-refractivity contribution in [1.82, 2.24) is 4.72 Å². The normalized spacial score (nSPS) is 12.3. The van der Waals surface area contributed by atoms with E-state index in [1.54, 1.807) is 0 Å². The Bertz CT molecular complexity index is 747. The first kappa shape index (κ1) is 18.3. The molecule has 21 heavy (non-hydrogen) atoms. The average Bonchev–Trinajstić information content (AvgIpc) is 2.33. The smallest absolute Gasteiger partial charge is 0.242 e. The van der Waals surface area contributed by atoms with Crippen LogP contribution in [0, 0.1) is 0 Å².